The van der Waals surface area contributed by atoms with Crippen molar-refractivity contribution in [2.75, 3.05) is 6.54 Å². The van der Waals surface area contributed by atoms with Gasteiger partial charge in [-0.25, -0.2) is 4.39 Å². The third-order valence-corrected chi connectivity index (χ3v) is 2.94. The molecule has 0 amide bonds. The highest BCUT2D eigenvalue weighted by molar-refractivity contribution is 6.30. The van der Waals surface area contributed by atoms with Gasteiger partial charge in [0.1, 0.15) is 5.75 Å². The van der Waals surface area contributed by atoms with Crippen molar-refractivity contribution in [3.05, 3.63) is 58.9 Å². The Morgan fingerprint density at radius 2 is 1.89 bits per heavy atom. The Morgan fingerprint density at radius 1 is 1.16 bits per heavy atom. The van der Waals surface area contributed by atoms with Gasteiger partial charge in [-0.05, 0) is 36.4 Å². The lowest BCUT2D eigenvalue weighted by Gasteiger charge is -2.08. The molecule has 100 valence electrons. The summed E-state index contributed by atoms with van der Waals surface area (Å²) in [6, 6.07) is 12.2. The molecule has 2 aromatic carbocycles. The highest BCUT2D eigenvalue weighted by atomic mass is 35.5. The average Bonchev–Trinajstić information content (AvgIpc) is 2.43. The second-order valence-electron chi connectivity index (χ2n) is 4.08. The topological polar surface area (TPSA) is 21.3 Å². The van der Waals surface area contributed by atoms with Crippen LogP contribution < -0.4 is 10.1 Å². The SMILES string of the molecule is CCNCc1ccc(Oc2cccc(Cl)c2F)cc1. The molecule has 0 aromatic heterocycles. The van der Waals surface area contributed by atoms with Crippen molar-refractivity contribution in [1.29, 1.82) is 0 Å². The molecule has 0 aliphatic carbocycles. The fourth-order valence-electron chi connectivity index (χ4n) is 1.63. The van der Waals surface area contributed by atoms with E-state index in [0.717, 1.165) is 18.7 Å². The van der Waals surface area contributed by atoms with Crippen LogP contribution in [0.2, 0.25) is 5.02 Å². The molecule has 2 aromatic rings. The van der Waals surface area contributed by atoms with Crippen LogP contribution in [0.3, 0.4) is 0 Å². The summed E-state index contributed by atoms with van der Waals surface area (Å²) in [5.74, 6) is 0.175. The molecule has 0 heterocycles. The van der Waals surface area contributed by atoms with Crippen molar-refractivity contribution < 1.29 is 9.13 Å². The Hall–Kier alpha value is -1.58. The van der Waals surface area contributed by atoms with Crippen molar-refractivity contribution in [2.24, 2.45) is 0 Å². The zero-order valence-electron chi connectivity index (χ0n) is 10.6. The van der Waals surface area contributed by atoms with Gasteiger partial charge in [-0.3, -0.25) is 0 Å². The van der Waals surface area contributed by atoms with E-state index in [0.29, 0.717) is 5.75 Å². The number of benzene rings is 2. The van der Waals surface area contributed by atoms with Crippen LogP contribution >= 0.6 is 11.6 Å². The summed E-state index contributed by atoms with van der Waals surface area (Å²) in [7, 11) is 0. The Morgan fingerprint density at radius 3 is 2.58 bits per heavy atom. The minimum absolute atomic E-state index is 0.0567. The quantitative estimate of drug-likeness (QED) is 0.877. The maximum atomic E-state index is 13.7. The third kappa shape index (κ3) is 3.69. The molecule has 0 aliphatic heterocycles. The minimum Gasteiger partial charge on any atom is -0.454 e. The van der Waals surface area contributed by atoms with Gasteiger partial charge in [-0.2, -0.15) is 0 Å². The summed E-state index contributed by atoms with van der Waals surface area (Å²) >= 11 is 5.70. The van der Waals surface area contributed by atoms with Crippen LogP contribution in [0.4, 0.5) is 4.39 Å². The Kier molecular flexibility index (Phi) is 4.77. The largest absolute Gasteiger partial charge is 0.454 e. The van der Waals surface area contributed by atoms with Crippen LogP contribution in [0.1, 0.15) is 12.5 Å². The van der Waals surface area contributed by atoms with Gasteiger partial charge in [0.2, 0.25) is 0 Å². The number of hydrogen-bond acceptors (Lipinski definition) is 2. The first-order chi connectivity index (χ1) is 9.20. The van der Waals surface area contributed by atoms with Crippen LogP contribution in [0.15, 0.2) is 42.5 Å². The number of ether oxygens (including phenoxy) is 1. The molecule has 19 heavy (non-hydrogen) atoms. The highest BCUT2D eigenvalue weighted by Crippen LogP contribution is 2.28. The zero-order chi connectivity index (χ0) is 13.7. The van der Waals surface area contributed by atoms with E-state index >= 15 is 0 Å². The summed E-state index contributed by atoms with van der Waals surface area (Å²) in [4.78, 5) is 0. The number of hydrogen-bond donors (Lipinski definition) is 1. The van der Waals surface area contributed by atoms with Crippen molar-refractivity contribution in [3.8, 4) is 11.5 Å². The first kappa shape index (κ1) is 13.8. The van der Waals surface area contributed by atoms with E-state index in [1.54, 1.807) is 12.1 Å². The molecule has 0 spiro atoms. The highest BCUT2D eigenvalue weighted by Gasteiger charge is 2.08. The molecular formula is C15H15ClFNO. The molecule has 0 aliphatic rings. The van der Waals surface area contributed by atoms with Crippen LogP contribution in [-0.2, 0) is 6.54 Å². The van der Waals surface area contributed by atoms with Crippen molar-refractivity contribution in [1.82, 2.24) is 5.32 Å². The fraction of sp³-hybridized carbons (Fsp3) is 0.200. The van der Waals surface area contributed by atoms with Gasteiger partial charge < -0.3 is 10.1 Å². The van der Waals surface area contributed by atoms with E-state index in [1.165, 1.54) is 6.07 Å². The zero-order valence-corrected chi connectivity index (χ0v) is 11.4. The molecular weight excluding hydrogens is 265 g/mol. The van der Waals surface area contributed by atoms with Gasteiger partial charge in [-0.15, -0.1) is 0 Å². The van der Waals surface area contributed by atoms with Crippen LogP contribution in [0.5, 0.6) is 11.5 Å². The first-order valence-electron chi connectivity index (χ1n) is 6.12. The molecule has 0 unspecified atom stereocenters. The fourth-order valence-corrected chi connectivity index (χ4v) is 1.80. The van der Waals surface area contributed by atoms with E-state index < -0.39 is 5.82 Å². The Balaban J connectivity index is 2.09. The van der Waals surface area contributed by atoms with Crippen molar-refractivity contribution in [3.63, 3.8) is 0 Å². The second kappa shape index (κ2) is 6.55. The summed E-state index contributed by atoms with van der Waals surface area (Å²) in [5.41, 5.74) is 1.15. The number of halogens is 2. The van der Waals surface area contributed by atoms with Gasteiger partial charge in [0.25, 0.3) is 0 Å². The van der Waals surface area contributed by atoms with E-state index in [9.17, 15) is 4.39 Å². The molecule has 0 saturated carbocycles. The predicted molar refractivity (Wildman–Crippen MR) is 75.3 cm³/mol. The molecule has 2 rings (SSSR count). The monoisotopic (exact) mass is 279 g/mol. The second-order valence-corrected chi connectivity index (χ2v) is 4.49. The molecule has 0 atom stereocenters. The van der Waals surface area contributed by atoms with Gasteiger partial charge >= 0.3 is 0 Å². The molecule has 0 fully saturated rings. The van der Waals surface area contributed by atoms with E-state index in [4.69, 9.17) is 16.3 Å². The minimum atomic E-state index is -0.541. The summed E-state index contributed by atoms with van der Waals surface area (Å²) in [6.07, 6.45) is 0. The van der Waals surface area contributed by atoms with Gasteiger partial charge in [0.15, 0.2) is 11.6 Å². The van der Waals surface area contributed by atoms with E-state index in [2.05, 4.69) is 12.2 Å². The molecule has 0 radical (unpaired) electrons. The van der Waals surface area contributed by atoms with Crippen LogP contribution in [0, 0.1) is 5.82 Å². The maximum absolute atomic E-state index is 13.7. The summed E-state index contributed by atoms with van der Waals surface area (Å²) in [5, 5.41) is 3.29. The van der Waals surface area contributed by atoms with E-state index in [-0.39, 0.29) is 10.8 Å². The standard InChI is InChI=1S/C15H15ClFNO/c1-2-18-10-11-6-8-12(9-7-11)19-14-5-3-4-13(16)15(14)17/h3-9,18H,2,10H2,1H3. The lowest BCUT2D eigenvalue weighted by molar-refractivity contribution is 0.442. The van der Waals surface area contributed by atoms with Crippen LogP contribution in [0.25, 0.3) is 0 Å². The molecule has 0 bridgehead atoms. The summed E-state index contributed by atoms with van der Waals surface area (Å²) in [6.45, 7) is 3.79. The Bertz CT molecular complexity index is 542. The maximum Gasteiger partial charge on any atom is 0.184 e. The van der Waals surface area contributed by atoms with Gasteiger partial charge in [0, 0.05) is 6.54 Å². The smallest absolute Gasteiger partial charge is 0.184 e. The van der Waals surface area contributed by atoms with Crippen molar-refractivity contribution >= 4 is 11.6 Å². The third-order valence-electron chi connectivity index (χ3n) is 2.65. The first-order valence-corrected chi connectivity index (χ1v) is 6.50. The molecule has 2 nitrogen and oxygen atoms in total. The normalized spacial score (nSPS) is 10.5. The molecule has 4 heteroatoms. The molecule has 1 N–H and O–H groups in total. The number of rotatable bonds is 5. The number of nitrogens with one attached hydrogen (secondary N) is 1. The van der Waals surface area contributed by atoms with Crippen LogP contribution in [-0.4, -0.2) is 6.54 Å². The van der Waals surface area contributed by atoms with Gasteiger partial charge in [0.05, 0.1) is 5.02 Å². The Labute approximate surface area is 117 Å². The lowest BCUT2D eigenvalue weighted by Crippen LogP contribution is -2.11. The predicted octanol–water partition coefficient (Wildman–Crippen LogP) is 4.38. The van der Waals surface area contributed by atoms with Crippen molar-refractivity contribution in [2.45, 2.75) is 13.5 Å². The average molecular weight is 280 g/mol. The lowest BCUT2D eigenvalue weighted by atomic mass is 10.2. The van der Waals surface area contributed by atoms with Gasteiger partial charge in [-0.1, -0.05) is 36.7 Å². The summed E-state index contributed by atoms with van der Waals surface area (Å²) < 4.78 is 19.1. The molecule has 0 saturated heterocycles. The van der Waals surface area contributed by atoms with E-state index in [1.807, 2.05) is 24.3 Å².